The lowest BCUT2D eigenvalue weighted by atomic mass is 10.1. The van der Waals surface area contributed by atoms with Gasteiger partial charge >= 0.3 is 12.1 Å². The van der Waals surface area contributed by atoms with E-state index in [9.17, 15) is 18.0 Å². The summed E-state index contributed by atoms with van der Waals surface area (Å²) in [4.78, 5) is 28.8. The van der Waals surface area contributed by atoms with E-state index in [4.69, 9.17) is 19.3 Å². The number of methoxy groups -OCH3 is 2. The molecule has 0 spiro atoms. The molecule has 0 bridgehead atoms. The van der Waals surface area contributed by atoms with E-state index >= 15 is 0 Å². The van der Waals surface area contributed by atoms with Gasteiger partial charge in [-0.25, -0.2) is 19.7 Å². The van der Waals surface area contributed by atoms with E-state index in [1.165, 1.54) is 26.4 Å². The van der Waals surface area contributed by atoms with Crippen LogP contribution in [0.5, 0.6) is 23.1 Å². The number of hydrogen-bond donors (Lipinski definition) is 4. The van der Waals surface area contributed by atoms with Crippen LogP contribution in [-0.2, 0) is 4.79 Å². The molecule has 16 heteroatoms. The van der Waals surface area contributed by atoms with E-state index < -0.39 is 18.0 Å². The van der Waals surface area contributed by atoms with Gasteiger partial charge in [0.15, 0.2) is 11.5 Å². The maximum atomic E-state index is 13.0. The van der Waals surface area contributed by atoms with Crippen LogP contribution in [0, 0.1) is 6.92 Å². The Labute approximate surface area is 231 Å². The van der Waals surface area contributed by atoms with Gasteiger partial charge in [0.1, 0.15) is 12.4 Å². The van der Waals surface area contributed by atoms with Crippen molar-refractivity contribution >= 4 is 39.7 Å². The van der Waals surface area contributed by atoms with E-state index in [1.54, 1.807) is 25.1 Å². The van der Waals surface area contributed by atoms with Crippen molar-refractivity contribution in [2.75, 3.05) is 45.8 Å². The average Bonchev–Trinajstić information content (AvgIpc) is 2.94. The second kappa shape index (κ2) is 12.8. The molecule has 0 saturated heterocycles. The minimum absolute atomic E-state index is 0.00413. The lowest BCUT2D eigenvalue weighted by Gasteiger charge is -2.13. The number of aromatic nitrogens is 4. The number of hydrogen-bond acceptors (Lipinski definition) is 13. The van der Waals surface area contributed by atoms with Crippen LogP contribution in [-0.4, -0.2) is 77.7 Å². The highest BCUT2D eigenvalue weighted by molar-refractivity contribution is 5.90. The Morgan fingerprint density at radius 1 is 0.902 bits per heavy atom. The van der Waals surface area contributed by atoms with Crippen LogP contribution in [0.1, 0.15) is 5.69 Å². The van der Waals surface area contributed by atoms with Crippen molar-refractivity contribution in [3.63, 3.8) is 0 Å². The number of nitrogens with zero attached hydrogens (tertiary/aromatic N) is 4. The van der Waals surface area contributed by atoms with Gasteiger partial charge in [0, 0.05) is 24.5 Å². The number of anilines is 2. The first kappa shape index (κ1) is 29.4. The number of rotatable bonds is 12. The number of alkyl halides is 3. The molecule has 218 valence electrons. The van der Waals surface area contributed by atoms with Crippen molar-refractivity contribution in [1.82, 2.24) is 30.8 Å². The summed E-state index contributed by atoms with van der Waals surface area (Å²) in [5.74, 6) is -2.08. The summed E-state index contributed by atoms with van der Waals surface area (Å²) in [5.41, 5.74) is 6.78. The van der Waals surface area contributed by atoms with Gasteiger partial charge in [-0.05, 0) is 31.2 Å². The number of esters is 1. The van der Waals surface area contributed by atoms with Crippen molar-refractivity contribution in [1.29, 1.82) is 0 Å². The van der Waals surface area contributed by atoms with Crippen molar-refractivity contribution in [3.8, 4) is 23.1 Å². The van der Waals surface area contributed by atoms with Crippen LogP contribution in [0.15, 0.2) is 30.3 Å². The minimum atomic E-state index is -5.26. The molecular formula is C25H26F3N7O6. The third kappa shape index (κ3) is 7.16. The number of aliphatic hydroxyl groups excluding tert-OH is 1. The summed E-state index contributed by atoms with van der Waals surface area (Å²) in [7, 11) is 2.98. The highest BCUT2D eigenvalue weighted by Crippen LogP contribution is 2.34. The molecule has 0 aliphatic rings. The summed E-state index contributed by atoms with van der Waals surface area (Å²) in [5, 5.41) is 12.2. The maximum Gasteiger partial charge on any atom is 0.491 e. The Bertz CT molecular complexity index is 1550. The number of aryl methyl sites for hydroxylation is 1. The third-order valence-electron chi connectivity index (χ3n) is 5.53. The summed E-state index contributed by atoms with van der Waals surface area (Å²) < 4.78 is 60.0. The van der Waals surface area contributed by atoms with Crippen LogP contribution in [0.4, 0.5) is 25.1 Å². The standard InChI is InChI=1S/C25H26F3N7O6/c1-13-15-11-19(38-2)20(39-3)12-18(15)33-23(31-13)35-24-32-17-5-4-14(40-9-7-30-29-6-8-36)10-16(17)21(34-24)41-22(37)25(26,27)28/h4-5,10-12,29-30,36H,6-9H2,1-3H3,(H,31,32,33,34,35). The SMILES string of the molecule is COc1cc2nc(Nc3nc(OC(=O)C(F)(F)F)c4cc(OCCNNCCO)ccc4n3)nc(C)c2cc1OC. The van der Waals surface area contributed by atoms with Gasteiger partial charge in [-0.3, -0.25) is 16.2 Å². The van der Waals surface area contributed by atoms with Gasteiger partial charge in [-0.1, -0.05) is 0 Å². The summed E-state index contributed by atoms with van der Waals surface area (Å²) in [6.45, 7) is 2.56. The number of carbonyl (C=O) groups is 1. The highest BCUT2D eigenvalue weighted by Gasteiger charge is 2.42. The van der Waals surface area contributed by atoms with E-state index in [0.717, 1.165) is 0 Å². The van der Waals surface area contributed by atoms with Gasteiger partial charge in [-0.2, -0.15) is 18.2 Å². The predicted octanol–water partition coefficient (Wildman–Crippen LogP) is 2.58. The molecule has 2 aromatic carbocycles. The van der Waals surface area contributed by atoms with Crippen LogP contribution in [0.3, 0.4) is 0 Å². The molecule has 13 nitrogen and oxygen atoms in total. The fourth-order valence-corrected chi connectivity index (χ4v) is 3.67. The number of carbonyl (C=O) groups excluding carboxylic acids is 1. The zero-order valence-corrected chi connectivity index (χ0v) is 22.1. The monoisotopic (exact) mass is 577 g/mol. The van der Waals surface area contributed by atoms with E-state index in [1.807, 2.05) is 0 Å². The maximum absolute atomic E-state index is 13.0. The van der Waals surface area contributed by atoms with Crippen molar-refractivity contribution in [2.24, 2.45) is 0 Å². The third-order valence-corrected chi connectivity index (χ3v) is 5.53. The summed E-state index contributed by atoms with van der Waals surface area (Å²) in [6, 6.07) is 7.74. The number of aliphatic hydroxyl groups is 1. The zero-order valence-electron chi connectivity index (χ0n) is 22.1. The van der Waals surface area contributed by atoms with E-state index in [0.29, 0.717) is 41.2 Å². The molecule has 0 atom stereocenters. The molecule has 0 fully saturated rings. The minimum Gasteiger partial charge on any atom is -0.493 e. The van der Waals surface area contributed by atoms with Gasteiger partial charge in [0.2, 0.25) is 17.8 Å². The van der Waals surface area contributed by atoms with Crippen LogP contribution >= 0.6 is 0 Å². The topological polar surface area (TPSA) is 162 Å². The van der Waals surface area contributed by atoms with Crippen LogP contribution in [0.2, 0.25) is 0 Å². The molecule has 0 radical (unpaired) electrons. The molecule has 0 saturated carbocycles. The molecule has 2 heterocycles. The number of halogens is 3. The fourth-order valence-electron chi connectivity index (χ4n) is 3.67. The molecular weight excluding hydrogens is 551 g/mol. The predicted molar refractivity (Wildman–Crippen MR) is 140 cm³/mol. The van der Waals surface area contributed by atoms with Gasteiger partial charge in [0.05, 0.1) is 42.9 Å². The normalized spacial score (nSPS) is 11.5. The van der Waals surface area contributed by atoms with Gasteiger partial charge < -0.3 is 24.1 Å². The number of benzene rings is 2. The lowest BCUT2D eigenvalue weighted by Crippen LogP contribution is -2.36. The van der Waals surface area contributed by atoms with Crippen LogP contribution in [0.25, 0.3) is 21.8 Å². The molecule has 4 rings (SSSR count). The summed E-state index contributed by atoms with van der Waals surface area (Å²) >= 11 is 0. The Balaban J connectivity index is 1.66. The van der Waals surface area contributed by atoms with E-state index in [2.05, 4.69) is 40.8 Å². The molecule has 0 aliphatic heterocycles. The fraction of sp³-hybridized carbons (Fsp3) is 0.320. The van der Waals surface area contributed by atoms with Crippen molar-refractivity contribution in [3.05, 3.63) is 36.0 Å². The van der Waals surface area contributed by atoms with Gasteiger partial charge in [0.25, 0.3) is 0 Å². The average molecular weight is 578 g/mol. The highest BCUT2D eigenvalue weighted by atomic mass is 19.4. The number of fused-ring (bicyclic) bond motifs is 2. The lowest BCUT2D eigenvalue weighted by molar-refractivity contribution is -0.189. The van der Waals surface area contributed by atoms with E-state index in [-0.39, 0.29) is 41.8 Å². The van der Waals surface area contributed by atoms with Gasteiger partial charge in [-0.15, -0.1) is 0 Å². The Kier molecular flexibility index (Phi) is 9.16. The van der Waals surface area contributed by atoms with Crippen molar-refractivity contribution < 1.29 is 42.0 Å². The molecule has 4 aromatic rings. The largest absolute Gasteiger partial charge is 0.493 e. The molecule has 2 aromatic heterocycles. The first-order valence-corrected chi connectivity index (χ1v) is 12.1. The second-order valence-corrected chi connectivity index (χ2v) is 8.33. The molecule has 0 aliphatic carbocycles. The number of hydrazine groups is 1. The Hall–Kier alpha value is -4.54. The smallest absolute Gasteiger partial charge is 0.491 e. The molecule has 0 unspecified atom stereocenters. The number of ether oxygens (including phenoxy) is 4. The first-order chi connectivity index (χ1) is 19.6. The first-order valence-electron chi connectivity index (χ1n) is 12.1. The zero-order chi connectivity index (χ0) is 29.6. The number of nitrogens with one attached hydrogen (secondary N) is 3. The molecule has 4 N–H and O–H groups in total. The quantitative estimate of drug-likeness (QED) is 0.111. The Morgan fingerprint density at radius 3 is 2.29 bits per heavy atom. The van der Waals surface area contributed by atoms with Crippen LogP contribution < -0.4 is 35.1 Å². The molecule has 41 heavy (non-hydrogen) atoms. The summed E-state index contributed by atoms with van der Waals surface area (Å²) in [6.07, 6.45) is -5.26. The second-order valence-electron chi connectivity index (χ2n) is 8.33. The molecule has 0 amide bonds. The van der Waals surface area contributed by atoms with Crippen molar-refractivity contribution in [2.45, 2.75) is 13.1 Å². The Morgan fingerprint density at radius 2 is 1.59 bits per heavy atom.